The van der Waals surface area contributed by atoms with Gasteiger partial charge in [0.25, 0.3) is 10.0 Å². The summed E-state index contributed by atoms with van der Waals surface area (Å²) in [5.41, 5.74) is 2.23. The number of sulfonamides is 1. The van der Waals surface area contributed by atoms with Gasteiger partial charge in [-0.3, -0.25) is 14.3 Å². The van der Waals surface area contributed by atoms with E-state index in [2.05, 4.69) is 24.1 Å². The molecule has 3 atom stereocenters. The van der Waals surface area contributed by atoms with Gasteiger partial charge in [0.05, 0.1) is 34.8 Å². The van der Waals surface area contributed by atoms with Gasteiger partial charge >= 0.3 is 6.18 Å². The number of hydrogen-bond acceptors (Lipinski definition) is 8. The lowest BCUT2D eigenvalue weighted by atomic mass is 9.85. The minimum absolute atomic E-state index is 0.00174. The Morgan fingerprint density at radius 2 is 2.00 bits per heavy atom. The van der Waals surface area contributed by atoms with Crippen molar-refractivity contribution < 1.29 is 26.3 Å². The number of alkyl halides is 3. The molecule has 0 amide bonds. The quantitative estimate of drug-likeness (QED) is 0.515. The van der Waals surface area contributed by atoms with Crippen LogP contribution in [-0.2, 0) is 17.1 Å². The van der Waals surface area contributed by atoms with Gasteiger partial charge in [0.2, 0.25) is 5.13 Å². The van der Waals surface area contributed by atoms with Crippen LogP contribution in [-0.4, -0.2) is 51.8 Å². The Kier molecular flexibility index (Phi) is 6.45. The molecule has 1 N–H and O–H groups in total. The summed E-state index contributed by atoms with van der Waals surface area (Å²) in [6.45, 7) is 2.39. The van der Waals surface area contributed by atoms with Crippen molar-refractivity contribution in [3.8, 4) is 5.75 Å². The first-order valence-corrected chi connectivity index (χ1v) is 13.7. The standard InChI is InChI=1S/C22H25F3N6O3S2/c1-13-9-18(30(2)28-13)19-10-14(22(23,24)25)5-7-31(19)17-6-8-34-20-11-15(3-4-16(17)20)36(32,33)29-21-26-12-27-35-21/h3-4,9,11-12,14,17,19H,5-8,10H2,1-2H3,(H,26,27,29)/t14-,17?,19+/m1/s1. The molecular weight excluding hydrogens is 517 g/mol. The van der Waals surface area contributed by atoms with Crippen molar-refractivity contribution in [1.29, 1.82) is 0 Å². The van der Waals surface area contributed by atoms with Crippen molar-refractivity contribution in [2.24, 2.45) is 13.0 Å². The number of likely N-dealkylation sites (tertiary alicyclic amines) is 1. The van der Waals surface area contributed by atoms with E-state index in [9.17, 15) is 21.6 Å². The second kappa shape index (κ2) is 9.30. The minimum atomic E-state index is -4.27. The second-order valence-corrected chi connectivity index (χ2v) is 11.5. The van der Waals surface area contributed by atoms with Crippen LogP contribution in [0.1, 0.15) is 48.3 Å². The van der Waals surface area contributed by atoms with Crippen molar-refractivity contribution in [3.63, 3.8) is 0 Å². The summed E-state index contributed by atoms with van der Waals surface area (Å²) in [7, 11) is -2.16. The molecule has 2 aliphatic rings. The highest BCUT2D eigenvalue weighted by molar-refractivity contribution is 7.93. The van der Waals surface area contributed by atoms with Crippen LogP contribution < -0.4 is 9.46 Å². The molecular formula is C22H25F3N6O3S2. The van der Waals surface area contributed by atoms with Crippen LogP contribution in [0.25, 0.3) is 0 Å². The Labute approximate surface area is 210 Å². The topological polar surface area (TPSA) is 102 Å². The SMILES string of the molecule is Cc1cc([C@@H]2C[C@H](C(F)(F)F)CCN2C2CCOc3cc(S(=O)(=O)Nc4ncns4)ccc32)n(C)n1. The molecule has 0 spiro atoms. The maximum atomic E-state index is 13.7. The molecule has 1 fully saturated rings. The van der Waals surface area contributed by atoms with E-state index in [1.54, 1.807) is 17.8 Å². The zero-order valence-electron chi connectivity index (χ0n) is 19.6. The normalized spacial score (nSPS) is 23.2. The molecule has 0 aliphatic carbocycles. The zero-order valence-corrected chi connectivity index (χ0v) is 21.2. The predicted octanol–water partition coefficient (Wildman–Crippen LogP) is 4.22. The third kappa shape index (κ3) is 4.81. The lowest BCUT2D eigenvalue weighted by Gasteiger charge is -2.45. The number of rotatable bonds is 5. The number of halogens is 3. The van der Waals surface area contributed by atoms with E-state index < -0.39 is 28.2 Å². The van der Waals surface area contributed by atoms with Gasteiger partial charge in [-0.2, -0.15) is 22.6 Å². The molecule has 1 unspecified atom stereocenters. The van der Waals surface area contributed by atoms with Crippen molar-refractivity contribution in [3.05, 3.63) is 47.5 Å². The number of nitrogens with zero attached hydrogens (tertiary/aromatic N) is 5. The van der Waals surface area contributed by atoms with Gasteiger partial charge < -0.3 is 4.74 Å². The molecule has 1 aromatic carbocycles. The number of ether oxygens (including phenoxy) is 1. The van der Waals surface area contributed by atoms with Crippen LogP contribution in [0.3, 0.4) is 0 Å². The van der Waals surface area contributed by atoms with E-state index in [1.807, 2.05) is 13.0 Å². The fraction of sp³-hybridized carbons (Fsp3) is 0.500. The Morgan fingerprint density at radius 1 is 1.19 bits per heavy atom. The number of anilines is 1. The van der Waals surface area contributed by atoms with Gasteiger partial charge in [-0.05, 0) is 31.9 Å². The summed E-state index contributed by atoms with van der Waals surface area (Å²) in [5.74, 6) is -0.989. The molecule has 0 saturated carbocycles. The number of fused-ring (bicyclic) bond motifs is 1. The van der Waals surface area contributed by atoms with Crippen LogP contribution in [0.2, 0.25) is 0 Å². The Morgan fingerprint density at radius 3 is 2.67 bits per heavy atom. The third-order valence-corrected chi connectivity index (χ3v) is 8.82. The van der Waals surface area contributed by atoms with Gasteiger partial charge in [-0.15, -0.1) is 0 Å². The minimum Gasteiger partial charge on any atom is -0.493 e. The van der Waals surface area contributed by atoms with E-state index in [0.717, 1.165) is 28.5 Å². The molecule has 0 radical (unpaired) electrons. The fourth-order valence-corrected chi connectivity index (χ4v) is 6.82. The highest BCUT2D eigenvalue weighted by Gasteiger charge is 2.47. The van der Waals surface area contributed by atoms with Crippen LogP contribution in [0.5, 0.6) is 5.75 Å². The monoisotopic (exact) mass is 542 g/mol. The van der Waals surface area contributed by atoms with Crippen molar-refractivity contribution in [2.45, 2.75) is 49.3 Å². The summed E-state index contributed by atoms with van der Waals surface area (Å²) < 4.78 is 80.4. The van der Waals surface area contributed by atoms with Crippen molar-refractivity contribution in [2.75, 3.05) is 17.9 Å². The molecule has 9 nitrogen and oxygen atoms in total. The second-order valence-electron chi connectivity index (χ2n) is 9.06. The van der Waals surface area contributed by atoms with E-state index in [-0.39, 0.29) is 35.5 Å². The van der Waals surface area contributed by atoms with E-state index in [4.69, 9.17) is 4.74 Å². The maximum absolute atomic E-state index is 13.7. The highest BCUT2D eigenvalue weighted by atomic mass is 32.2. The summed E-state index contributed by atoms with van der Waals surface area (Å²) in [5, 5.41) is 4.51. The van der Waals surface area contributed by atoms with Crippen molar-refractivity contribution >= 4 is 26.7 Å². The smallest absolute Gasteiger partial charge is 0.391 e. The first kappa shape index (κ1) is 25.0. The molecule has 0 bridgehead atoms. The molecule has 5 rings (SSSR count). The molecule has 36 heavy (non-hydrogen) atoms. The predicted molar refractivity (Wildman–Crippen MR) is 126 cm³/mol. The number of benzene rings is 1. The third-order valence-electron chi connectivity index (χ3n) is 6.77. The van der Waals surface area contributed by atoms with Crippen LogP contribution in [0.4, 0.5) is 18.3 Å². The summed E-state index contributed by atoms with van der Waals surface area (Å²) in [6, 6.07) is 5.75. The Hall–Kier alpha value is -2.71. The number of piperidine rings is 1. The lowest BCUT2D eigenvalue weighted by molar-refractivity contribution is -0.192. The Bertz CT molecular complexity index is 1340. The van der Waals surface area contributed by atoms with E-state index >= 15 is 0 Å². The van der Waals surface area contributed by atoms with Gasteiger partial charge in [-0.25, -0.2) is 13.4 Å². The molecule has 14 heteroatoms. The van der Waals surface area contributed by atoms with E-state index in [0.29, 0.717) is 18.8 Å². The zero-order chi connectivity index (χ0) is 25.7. The summed E-state index contributed by atoms with van der Waals surface area (Å²) in [6.07, 6.45) is -2.50. The first-order chi connectivity index (χ1) is 17.0. The van der Waals surface area contributed by atoms with Gasteiger partial charge in [0.1, 0.15) is 12.1 Å². The summed E-state index contributed by atoms with van der Waals surface area (Å²) >= 11 is 0.919. The molecule has 4 heterocycles. The average molecular weight is 543 g/mol. The van der Waals surface area contributed by atoms with Crippen LogP contribution >= 0.6 is 11.5 Å². The Balaban J connectivity index is 1.47. The number of aryl methyl sites for hydroxylation is 2. The van der Waals surface area contributed by atoms with E-state index in [1.165, 1.54) is 18.5 Å². The largest absolute Gasteiger partial charge is 0.493 e. The van der Waals surface area contributed by atoms with Gasteiger partial charge in [-0.1, -0.05) is 6.07 Å². The first-order valence-electron chi connectivity index (χ1n) is 11.4. The van der Waals surface area contributed by atoms with Gasteiger partial charge in [0.15, 0.2) is 0 Å². The van der Waals surface area contributed by atoms with Crippen LogP contribution in [0.15, 0.2) is 35.5 Å². The molecule has 2 aliphatic heterocycles. The molecule has 194 valence electrons. The molecule has 2 aromatic heterocycles. The lowest BCUT2D eigenvalue weighted by Crippen LogP contribution is -2.44. The van der Waals surface area contributed by atoms with Crippen molar-refractivity contribution in [1.82, 2.24) is 24.0 Å². The maximum Gasteiger partial charge on any atom is 0.391 e. The molecule has 3 aromatic rings. The van der Waals surface area contributed by atoms with Gasteiger partial charge in [0, 0.05) is 49.2 Å². The fourth-order valence-electron chi connectivity index (χ4n) is 5.14. The molecule has 1 saturated heterocycles. The van der Waals surface area contributed by atoms with Crippen LogP contribution in [0, 0.1) is 12.8 Å². The highest BCUT2D eigenvalue weighted by Crippen LogP contribution is 2.48. The number of aromatic nitrogens is 4. The summed E-state index contributed by atoms with van der Waals surface area (Å²) in [4.78, 5) is 5.95. The average Bonchev–Trinajstić information content (AvgIpc) is 3.45. The number of nitrogens with one attached hydrogen (secondary N) is 1. The number of hydrogen-bond donors (Lipinski definition) is 1.